The Morgan fingerprint density at radius 1 is 1.22 bits per heavy atom. The largest absolute Gasteiger partial charge is 0.394 e. The molecule has 2 rings (SSSR count). The topological polar surface area (TPSA) is 129 Å². The van der Waals surface area contributed by atoms with Crippen molar-refractivity contribution in [3.05, 3.63) is 34.7 Å². The van der Waals surface area contributed by atoms with Crippen LogP contribution in [0.3, 0.4) is 0 Å². The minimum atomic E-state index is -1.44. The third kappa shape index (κ3) is 5.00. The van der Waals surface area contributed by atoms with Gasteiger partial charge < -0.3 is 30.1 Å². The van der Waals surface area contributed by atoms with Gasteiger partial charge in [0.1, 0.15) is 29.3 Å². The lowest BCUT2D eigenvalue weighted by Crippen LogP contribution is -2.62. The van der Waals surface area contributed by atoms with E-state index in [9.17, 15) is 20.6 Å². The summed E-state index contributed by atoms with van der Waals surface area (Å²) in [7, 11) is 3.88. The molecule has 0 saturated carbocycles. The number of rotatable bonds is 6. The maximum absolute atomic E-state index is 10.2. The predicted molar refractivity (Wildman–Crippen MR) is 103 cm³/mol. The van der Waals surface area contributed by atoms with Gasteiger partial charge in [0.05, 0.1) is 12.6 Å². The molecule has 0 spiro atoms. The molecule has 8 nitrogen and oxygen atoms in total. The highest BCUT2D eigenvalue weighted by molar-refractivity contribution is 8.01. The summed E-state index contributed by atoms with van der Waals surface area (Å²) < 4.78 is 7.88. The second-order valence-corrected chi connectivity index (χ2v) is 7.33. The Kier molecular flexibility index (Phi) is 7.64. The van der Waals surface area contributed by atoms with Crippen molar-refractivity contribution in [1.29, 1.82) is 5.26 Å². The molecule has 27 heavy (non-hydrogen) atoms. The van der Waals surface area contributed by atoms with Crippen LogP contribution >= 0.6 is 11.9 Å². The lowest BCUT2D eigenvalue weighted by atomic mass is 9.98. The standard InChI is InChI=1S/C18H25N3O5S/c1-10(11-4-6-12(7-5-11)21(2)3)14(8-19)27-20-15-17(24)16(23)13(9-22)26-18(15)25/h4-7,13,15-18,20,22-25H,9H2,1-3H3/b14-10+/t13-,15-,16-,17-,18?/m1/s1. The van der Waals surface area contributed by atoms with Crippen LogP contribution in [0.25, 0.3) is 5.57 Å². The van der Waals surface area contributed by atoms with E-state index in [4.69, 9.17) is 9.84 Å². The fourth-order valence-corrected chi connectivity index (χ4v) is 3.50. The first-order chi connectivity index (χ1) is 12.8. The third-order valence-corrected chi connectivity index (χ3v) is 5.45. The molecule has 5 N–H and O–H groups in total. The fraction of sp³-hybridized carbons (Fsp3) is 0.500. The number of nitriles is 1. The third-order valence-electron chi connectivity index (χ3n) is 4.46. The first kappa shape index (κ1) is 21.7. The van der Waals surface area contributed by atoms with Gasteiger partial charge in [0.25, 0.3) is 0 Å². The Bertz CT molecular complexity index is 704. The average molecular weight is 395 g/mol. The highest BCUT2D eigenvalue weighted by Crippen LogP contribution is 2.28. The zero-order valence-electron chi connectivity index (χ0n) is 15.4. The zero-order valence-corrected chi connectivity index (χ0v) is 16.2. The van der Waals surface area contributed by atoms with Crippen molar-refractivity contribution < 1.29 is 25.2 Å². The second kappa shape index (κ2) is 9.52. The van der Waals surface area contributed by atoms with Crippen LogP contribution in [-0.4, -0.2) is 71.8 Å². The molecular weight excluding hydrogens is 370 g/mol. The van der Waals surface area contributed by atoms with Gasteiger partial charge in [0.15, 0.2) is 6.29 Å². The number of aliphatic hydroxyl groups is 4. The van der Waals surface area contributed by atoms with E-state index < -0.39 is 37.3 Å². The molecule has 1 aromatic rings. The van der Waals surface area contributed by atoms with Crippen LogP contribution in [0.15, 0.2) is 29.2 Å². The van der Waals surface area contributed by atoms with E-state index in [1.54, 1.807) is 6.92 Å². The Labute approximate surface area is 162 Å². The van der Waals surface area contributed by atoms with Crippen LogP contribution in [0.4, 0.5) is 5.69 Å². The summed E-state index contributed by atoms with van der Waals surface area (Å²) in [6.07, 6.45) is -5.22. The maximum atomic E-state index is 10.2. The van der Waals surface area contributed by atoms with E-state index in [1.165, 1.54) is 0 Å². The zero-order chi connectivity index (χ0) is 20.1. The highest BCUT2D eigenvalue weighted by atomic mass is 32.2. The minimum Gasteiger partial charge on any atom is -0.394 e. The molecule has 148 valence electrons. The molecule has 0 aromatic heterocycles. The van der Waals surface area contributed by atoms with Crippen molar-refractivity contribution in [1.82, 2.24) is 4.72 Å². The average Bonchev–Trinajstić information content (AvgIpc) is 2.67. The lowest BCUT2D eigenvalue weighted by Gasteiger charge is -2.40. The van der Waals surface area contributed by atoms with Gasteiger partial charge in [-0.3, -0.25) is 0 Å². The maximum Gasteiger partial charge on any atom is 0.174 e. The van der Waals surface area contributed by atoms with Crippen LogP contribution in [0.1, 0.15) is 12.5 Å². The monoisotopic (exact) mass is 395 g/mol. The Morgan fingerprint density at radius 3 is 2.37 bits per heavy atom. The molecule has 0 radical (unpaired) electrons. The lowest BCUT2D eigenvalue weighted by molar-refractivity contribution is -0.251. The molecule has 1 aliphatic rings. The molecule has 1 fully saturated rings. The van der Waals surface area contributed by atoms with Crippen LogP contribution in [0.2, 0.25) is 0 Å². The quantitative estimate of drug-likeness (QED) is 0.335. The summed E-state index contributed by atoms with van der Waals surface area (Å²) in [5.74, 6) is 0. The number of anilines is 1. The number of aliphatic hydroxyl groups excluding tert-OH is 4. The normalized spacial score (nSPS) is 29.0. The number of allylic oxidation sites excluding steroid dienone is 2. The number of hydrogen-bond donors (Lipinski definition) is 5. The van der Waals surface area contributed by atoms with Crippen molar-refractivity contribution >= 4 is 23.2 Å². The van der Waals surface area contributed by atoms with Gasteiger partial charge in [-0.15, -0.1) is 0 Å². The van der Waals surface area contributed by atoms with Crippen LogP contribution < -0.4 is 9.62 Å². The molecule has 1 saturated heterocycles. The van der Waals surface area contributed by atoms with E-state index in [0.29, 0.717) is 4.91 Å². The van der Waals surface area contributed by atoms with Crippen LogP contribution in [0.5, 0.6) is 0 Å². The van der Waals surface area contributed by atoms with E-state index in [2.05, 4.69) is 10.8 Å². The minimum absolute atomic E-state index is 0.353. The van der Waals surface area contributed by atoms with Crippen molar-refractivity contribution in [3.63, 3.8) is 0 Å². The number of hydrogen-bond acceptors (Lipinski definition) is 9. The summed E-state index contributed by atoms with van der Waals surface area (Å²) >= 11 is 0.944. The predicted octanol–water partition coefficient (Wildman–Crippen LogP) is 0.0449. The summed E-state index contributed by atoms with van der Waals surface area (Å²) in [6.45, 7) is 1.28. The number of nitrogens with zero attached hydrogens (tertiary/aromatic N) is 2. The molecular formula is C18H25N3O5S. The molecule has 9 heteroatoms. The summed E-state index contributed by atoms with van der Waals surface area (Å²) in [6, 6.07) is 8.78. The Balaban J connectivity index is 2.12. The molecule has 0 bridgehead atoms. The van der Waals surface area contributed by atoms with E-state index >= 15 is 0 Å². The van der Waals surface area contributed by atoms with Crippen molar-refractivity contribution in [2.75, 3.05) is 25.6 Å². The van der Waals surface area contributed by atoms with Crippen molar-refractivity contribution in [2.45, 2.75) is 37.6 Å². The first-order valence-electron chi connectivity index (χ1n) is 8.41. The summed E-state index contributed by atoms with van der Waals surface area (Å²) in [5.41, 5.74) is 2.64. The molecule has 1 aromatic carbocycles. The molecule has 5 atom stereocenters. The van der Waals surface area contributed by atoms with E-state index in [1.807, 2.05) is 43.3 Å². The Hall–Kier alpha value is -1.64. The highest BCUT2D eigenvalue weighted by Gasteiger charge is 2.43. The number of nitrogens with one attached hydrogen (secondary N) is 1. The van der Waals surface area contributed by atoms with Crippen LogP contribution in [-0.2, 0) is 4.74 Å². The Morgan fingerprint density at radius 2 is 1.85 bits per heavy atom. The molecule has 1 aliphatic heterocycles. The van der Waals surface area contributed by atoms with Gasteiger partial charge in [0.2, 0.25) is 0 Å². The van der Waals surface area contributed by atoms with Crippen molar-refractivity contribution in [3.8, 4) is 6.07 Å². The van der Waals surface area contributed by atoms with Gasteiger partial charge in [-0.2, -0.15) is 5.26 Å². The number of ether oxygens (including phenoxy) is 1. The smallest absolute Gasteiger partial charge is 0.174 e. The second-order valence-electron chi connectivity index (χ2n) is 6.48. The van der Waals surface area contributed by atoms with Gasteiger partial charge in [0, 0.05) is 19.8 Å². The van der Waals surface area contributed by atoms with Gasteiger partial charge in [-0.25, -0.2) is 4.72 Å². The number of benzene rings is 1. The van der Waals surface area contributed by atoms with E-state index in [-0.39, 0.29) is 0 Å². The molecule has 1 heterocycles. The summed E-state index contributed by atoms with van der Waals surface area (Å²) in [5, 5.41) is 48.7. The molecule has 0 aliphatic carbocycles. The van der Waals surface area contributed by atoms with Crippen LogP contribution in [0, 0.1) is 11.3 Å². The van der Waals surface area contributed by atoms with Gasteiger partial charge in [-0.1, -0.05) is 12.1 Å². The van der Waals surface area contributed by atoms with Gasteiger partial charge >= 0.3 is 0 Å². The summed E-state index contributed by atoms with van der Waals surface area (Å²) in [4.78, 5) is 2.33. The molecule has 0 amide bonds. The first-order valence-corrected chi connectivity index (χ1v) is 9.23. The fourth-order valence-electron chi connectivity index (χ4n) is 2.68. The van der Waals surface area contributed by atoms with Crippen molar-refractivity contribution in [2.24, 2.45) is 0 Å². The van der Waals surface area contributed by atoms with Gasteiger partial charge in [-0.05, 0) is 42.1 Å². The van der Waals surface area contributed by atoms with E-state index in [0.717, 1.165) is 28.8 Å². The molecule has 1 unspecified atom stereocenters. The SMILES string of the molecule is C/C(=C(/C#N)SN[C@H]1C(O)O[C@H](CO)[C@@H](O)[C@@H]1O)c1ccc(N(C)C)cc1.